The summed E-state index contributed by atoms with van der Waals surface area (Å²) in [5, 5.41) is 3.30. The van der Waals surface area contributed by atoms with Crippen LogP contribution < -0.4 is 5.32 Å². The van der Waals surface area contributed by atoms with Crippen LogP contribution in [0.25, 0.3) is 0 Å². The molecule has 0 radical (unpaired) electrons. The third-order valence-electron chi connectivity index (χ3n) is 2.72. The zero-order valence-corrected chi connectivity index (χ0v) is 12.5. The number of nitrogens with zero attached hydrogens (tertiary/aromatic N) is 1. The number of nitrogens with one attached hydrogen (secondary N) is 1. The third-order valence-corrected chi connectivity index (χ3v) is 4.29. The first-order chi connectivity index (χ1) is 8.58. The predicted molar refractivity (Wildman–Crippen MR) is 77.7 cm³/mol. The minimum atomic E-state index is -0.148. The van der Waals surface area contributed by atoms with Crippen molar-refractivity contribution in [2.45, 2.75) is 6.42 Å². The highest BCUT2D eigenvalue weighted by Gasteiger charge is 2.21. The molecule has 1 aliphatic heterocycles. The first-order valence-electron chi connectivity index (χ1n) is 5.59. The van der Waals surface area contributed by atoms with Crippen molar-refractivity contribution in [3.63, 3.8) is 0 Å². The van der Waals surface area contributed by atoms with E-state index in [9.17, 15) is 9.59 Å². The zero-order valence-electron chi connectivity index (χ0n) is 9.58. The van der Waals surface area contributed by atoms with Crippen molar-refractivity contribution in [3.8, 4) is 0 Å². The Morgan fingerprint density at radius 2 is 2.22 bits per heavy atom. The van der Waals surface area contributed by atoms with Crippen molar-refractivity contribution >= 4 is 46.0 Å². The molecule has 0 saturated carbocycles. The Morgan fingerprint density at radius 3 is 2.94 bits per heavy atom. The van der Waals surface area contributed by atoms with E-state index in [-0.39, 0.29) is 18.4 Å². The van der Waals surface area contributed by atoms with Gasteiger partial charge in [0.05, 0.1) is 11.6 Å². The zero-order chi connectivity index (χ0) is 13.1. The largest absolute Gasteiger partial charge is 0.354 e. The van der Waals surface area contributed by atoms with Gasteiger partial charge in [0.2, 0.25) is 5.91 Å². The van der Waals surface area contributed by atoms with Crippen molar-refractivity contribution in [3.05, 3.63) is 32.4 Å². The van der Waals surface area contributed by atoms with E-state index in [4.69, 9.17) is 11.6 Å². The lowest BCUT2D eigenvalue weighted by Gasteiger charge is -2.19. The van der Waals surface area contributed by atoms with E-state index in [0.29, 0.717) is 23.7 Å². The second-order valence-electron chi connectivity index (χ2n) is 4.06. The molecule has 1 aliphatic rings. The Kier molecular flexibility index (Phi) is 4.45. The van der Waals surface area contributed by atoms with Crippen LogP contribution in [0.4, 0.5) is 0 Å². The number of rotatable bonds is 1. The van der Waals surface area contributed by atoms with Gasteiger partial charge in [-0.3, -0.25) is 9.59 Å². The SMILES string of the molecule is O=C1CN(C(=O)c2ccc(I)c(Cl)c2)CCCN1. The highest BCUT2D eigenvalue weighted by atomic mass is 127. The summed E-state index contributed by atoms with van der Waals surface area (Å²) >= 11 is 8.11. The van der Waals surface area contributed by atoms with Crippen LogP contribution in [-0.2, 0) is 4.79 Å². The van der Waals surface area contributed by atoms with E-state index < -0.39 is 0 Å². The van der Waals surface area contributed by atoms with Crippen LogP contribution in [0, 0.1) is 3.57 Å². The summed E-state index contributed by atoms with van der Waals surface area (Å²) in [6, 6.07) is 5.18. The number of hydrogen-bond donors (Lipinski definition) is 1. The van der Waals surface area contributed by atoms with Gasteiger partial charge < -0.3 is 10.2 Å². The molecule has 1 aromatic carbocycles. The van der Waals surface area contributed by atoms with Crippen molar-refractivity contribution in [1.29, 1.82) is 0 Å². The van der Waals surface area contributed by atoms with E-state index in [1.807, 2.05) is 0 Å². The van der Waals surface area contributed by atoms with Crippen molar-refractivity contribution in [1.82, 2.24) is 10.2 Å². The van der Waals surface area contributed by atoms with Gasteiger partial charge in [0.15, 0.2) is 0 Å². The van der Waals surface area contributed by atoms with Crippen LogP contribution in [0.15, 0.2) is 18.2 Å². The van der Waals surface area contributed by atoms with Crippen LogP contribution in [-0.4, -0.2) is 36.3 Å². The number of benzene rings is 1. The first-order valence-corrected chi connectivity index (χ1v) is 7.04. The van der Waals surface area contributed by atoms with Gasteiger partial charge in [-0.15, -0.1) is 0 Å². The van der Waals surface area contributed by atoms with Crippen LogP contribution in [0.2, 0.25) is 5.02 Å². The molecule has 1 heterocycles. The lowest BCUT2D eigenvalue weighted by molar-refractivity contribution is -0.121. The van der Waals surface area contributed by atoms with E-state index in [2.05, 4.69) is 27.9 Å². The average molecular weight is 379 g/mol. The van der Waals surface area contributed by atoms with Gasteiger partial charge in [-0.1, -0.05) is 11.6 Å². The van der Waals surface area contributed by atoms with Gasteiger partial charge in [-0.05, 0) is 47.2 Å². The van der Waals surface area contributed by atoms with Gasteiger partial charge in [0, 0.05) is 22.2 Å². The molecule has 18 heavy (non-hydrogen) atoms. The molecule has 96 valence electrons. The van der Waals surface area contributed by atoms with Crippen molar-refractivity contribution in [2.75, 3.05) is 19.6 Å². The fourth-order valence-corrected chi connectivity index (χ4v) is 2.31. The molecule has 2 rings (SSSR count). The standard InChI is InChI=1S/C12H12ClIN2O2/c13-9-6-8(2-3-10(9)14)12(18)16-5-1-4-15-11(17)7-16/h2-3,6H,1,4-5,7H2,(H,15,17). The van der Waals surface area contributed by atoms with Crippen molar-refractivity contribution < 1.29 is 9.59 Å². The molecule has 1 saturated heterocycles. The Labute approximate surface area is 124 Å². The molecule has 6 heteroatoms. The highest BCUT2D eigenvalue weighted by Crippen LogP contribution is 2.20. The second-order valence-corrected chi connectivity index (χ2v) is 5.63. The number of carbonyl (C=O) groups excluding carboxylic acids is 2. The maximum Gasteiger partial charge on any atom is 0.254 e. The third kappa shape index (κ3) is 3.14. The van der Waals surface area contributed by atoms with Gasteiger partial charge in [0.25, 0.3) is 5.91 Å². The molecule has 0 bridgehead atoms. The Morgan fingerprint density at radius 1 is 1.44 bits per heavy atom. The number of hydrogen-bond acceptors (Lipinski definition) is 2. The van der Waals surface area contributed by atoms with Crippen LogP contribution in [0.3, 0.4) is 0 Å². The highest BCUT2D eigenvalue weighted by molar-refractivity contribution is 14.1. The fourth-order valence-electron chi connectivity index (χ4n) is 1.79. The lowest BCUT2D eigenvalue weighted by atomic mass is 10.2. The van der Waals surface area contributed by atoms with Crippen molar-refractivity contribution in [2.24, 2.45) is 0 Å². The molecular weight excluding hydrogens is 367 g/mol. The molecule has 0 aromatic heterocycles. The van der Waals surface area contributed by atoms with Gasteiger partial charge >= 0.3 is 0 Å². The minimum Gasteiger partial charge on any atom is -0.354 e. The Balaban J connectivity index is 2.19. The molecule has 2 amide bonds. The summed E-state index contributed by atoms with van der Waals surface area (Å²) in [4.78, 5) is 25.2. The molecule has 4 nitrogen and oxygen atoms in total. The maximum atomic E-state index is 12.2. The summed E-state index contributed by atoms with van der Waals surface area (Å²) in [6.45, 7) is 1.32. The van der Waals surface area contributed by atoms with E-state index in [1.165, 1.54) is 0 Å². The van der Waals surface area contributed by atoms with E-state index in [0.717, 1.165) is 9.99 Å². The van der Waals surface area contributed by atoms with Crippen LogP contribution in [0.1, 0.15) is 16.8 Å². The summed E-state index contributed by atoms with van der Waals surface area (Å²) < 4.78 is 0.902. The molecular formula is C12H12ClIN2O2. The molecule has 1 fully saturated rings. The summed E-state index contributed by atoms with van der Waals surface area (Å²) in [5.41, 5.74) is 0.523. The summed E-state index contributed by atoms with van der Waals surface area (Å²) in [5.74, 6) is -0.261. The van der Waals surface area contributed by atoms with Crippen LogP contribution in [0.5, 0.6) is 0 Å². The summed E-state index contributed by atoms with van der Waals surface area (Å²) in [7, 11) is 0. The number of carbonyl (C=O) groups is 2. The molecule has 1 N–H and O–H groups in total. The molecule has 0 aliphatic carbocycles. The smallest absolute Gasteiger partial charge is 0.254 e. The minimum absolute atomic E-state index is 0.113. The molecule has 0 unspecified atom stereocenters. The molecule has 0 atom stereocenters. The molecule has 1 aromatic rings. The average Bonchev–Trinajstić information content (AvgIpc) is 2.56. The van der Waals surface area contributed by atoms with Gasteiger partial charge in [-0.2, -0.15) is 0 Å². The quantitative estimate of drug-likeness (QED) is 0.759. The molecule has 0 spiro atoms. The van der Waals surface area contributed by atoms with Crippen LogP contribution >= 0.6 is 34.2 Å². The van der Waals surface area contributed by atoms with Gasteiger partial charge in [0.1, 0.15) is 0 Å². The number of amides is 2. The topological polar surface area (TPSA) is 49.4 Å². The predicted octanol–water partition coefficient (Wildman–Crippen LogP) is 1.91. The lowest BCUT2D eigenvalue weighted by Crippen LogP contribution is -2.37. The summed E-state index contributed by atoms with van der Waals surface area (Å²) in [6.07, 6.45) is 0.773. The second kappa shape index (κ2) is 5.88. The fraction of sp³-hybridized carbons (Fsp3) is 0.333. The Bertz CT molecular complexity index is 493. The van der Waals surface area contributed by atoms with E-state index >= 15 is 0 Å². The van der Waals surface area contributed by atoms with E-state index in [1.54, 1.807) is 23.1 Å². The first kappa shape index (κ1) is 13.6. The normalized spacial score (nSPS) is 16.1. The number of halogens is 2. The van der Waals surface area contributed by atoms with Gasteiger partial charge in [-0.25, -0.2) is 0 Å². The maximum absolute atomic E-state index is 12.2. The Hall–Kier alpha value is -0.820. The monoisotopic (exact) mass is 378 g/mol.